The van der Waals surface area contributed by atoms with Crippen molar-refractivity contribution in [1.82, 2.24) is 4.90 Å². The molecule has 0 saturated carbocycles. The van der Waals surface area contributed by atoms with Gasteiger partial charge in [0.15, 0.2) is 6.10 Å². The zero-order valence-corrected chi connectivity index (χ0v) is 13.1. The smallest absolute Gasteiger partial charge is 0.254 e. The van der Waals surface area contributed by atoms with Crippen LogP contribution in [0.3, 0.4) is 0 Å². The van der Waals surface area contributed by atoms with Crippen LogP contribution in [0.25, 0.3) is 0 Å². The van der Waals surface area contributed by atoms with Crippen molar-refractivity contribution in [3.05, 3.63) is 22.4 Å². The van der Waals surface area contributed by atoms with Crippen LogP contribution in [0.4, 0.5) is 0 Å². The third-order valence-corrected chi connectivity index (χ3v) is 5.17. The van der Waals surface area contributed by atoms with Gasteiger partial charge in [0.25, 0.3) is 5.91 Å². The minimum Gasteiger partial charge on any atom is -0.376 e. The fourth-order valence-corrected chi connectivity index (χ4v) is 3.93. The lowest BCUT2D eigenvalue weighted by molar-refractivity contribution is -0.160. The largest absolute Gasteiger partial charge is 0.376 e. The van der Waals surface area contributed by atoms with E-state index in [-0.39, 0.29) is 5.91 Å². The number of carbonyl (C=O) groups is 1. The van der Waals surface area contributed by atoms with Crippen molar-refractivity contribution in [3.8, 4) is 0 Å². The van der Waals surface area contributed by atoms with E-state index in [1.165, 1.54) is 17.7 Å². The zero-order valence-electron chi connectivity index (χ0n) is 12.3. The van der Waals surface area contributed by atoms with E-state index in [0.717, 1.165) is 25.8 Å². The molecular weight excluding hydrogens is 286 g/mol. The molecule has 0 aromatic carbocycles. The summed E-state index contributed by atoms with van der Waals surface area (Å²) in [6.45, 7) is 2.39. The van der Waals surface area contributed by atoms with E-state index in [1.54, 1.807) is 11.3 Å². The molecule has 1 amide bonds. The van der Waals surface area contributed by atoms with Gasteiger partial charge in [0.2, 0.25) is 0 Å². The van der Waals surface area contributed by atoms with Crippen LogP contribution in [0.2, 0.25) is 0 Å². The number of ether oxygens (including phenoxy) is 2. The highest BCUT2D eigenvalue weighted by Gasteiger charge is 2.32. The van der Waals surface area contributed by atoms with Crippen molar-refractivity contribution in [2.75, 3.05) is 26.4 Å². The Morgan fingerprint density at radius 2 is 2.29 bits per heavy atom. The summed E-state index contributed by atoms with van der Waals surface area (Å²) >= 11 is 1.78. The Labute approximate surface area is 130 Å². The summed E-state index contributed by atoms with van der Waals surface area (Å²) in [7, 11) is 0. The maximum absolute atomic E-state index is 12.8. The number of rotatable bonds is 3. The fraction of sp³-hybridized carbons (Fsp3) is 0.688. The van der Waals surface area contributed by atoms with Gasteiger partial charge in [-0.05, 0) is 24.3 Å². The van der Waals surface area contributed by atoms with Crippen molar-refractivity contribution in [2.45, 2.75) is 44.2 Å². The molecule has 0 unspecified atom stereocenters. The molecule has 4 nitrogen and oxygen atoms in total. The summed E-state index contributed by atoms with van der Waals surface area (Å²) in [5, 5.41) is 2.11. The summed E-state index contributed by atoms with van der Waals surface area (Å²) < 4.78 is 11.0. The third-order valence-electron chi connectivity index (χ3n) is 4.27. The molecule has 116 valence electrons. The van der Waals surface area contributed by atoms with Crippen LogP contribution < -0.4 is 0 Å². The molecule has 2 aliphatic heterocycles. The van der Waals surface area contributed by atoms with Gasteiger partial charge in [0, 0.05) is 23.9 Å². The maximum Gasteiger partial charge on any atom is 0.254 e. The van der Waals surface area contributed by atoms with Gasteiger partial charge in [-0.15, -0.1) is 11.3 Å². The van der Waals surface area contributed by atoms with Gasteiger partial charge in [-0.3, -0.25) is 4.79 Å². The van der Waals surface area contributed by atoms with Crippen LogP contribution >= 0.6 is 11.3 Å². The number of nitrogens with zero attached hydrogens (tertiary/aromatic N) is 1. The molecule has 3 rings (SSSR count). The van der Waals surface area contributed by atoms with Crippen molar-refractivity contribution in [2.24, 2.45) is 0 Å². The van der Waals surface area contributed by atoms with E-state index in [9.17, 15) is 4.79 Å². The Hall–Kier alpha value is -0.910. The monoisotopic (exact) mass is 309 g/mol. The van der Waals surface area contributed by atoms with E-state index in [4.69, 9.17) is 9.47 Å². The minimum absolute atomic E-state index is 0.123. The summed E-state index contributed by atoms with van der Waals surface area (Å²) in [5.74, 6) is 0.123. The first kappa shape index (κ1) is 15.0. The molecular formula is C16H23NO3S. The average Bonchev–Trinajstić information content (AvgIpc) is 2.92. The number of likely N-dealkylation sites (tertiary alicyclic amines) is 1. The Morgan fingerprint density at radius 1 is 1.33 bits per heavy atom. The molecule has 0 radical (unpaired) electrons. The van der Waals surface area contributed by atoms with Crippen LogP contribution in [0, 0.1) is 0 Å². The number of thiophene rings is 1. The van der Waals surface area contributed by atoms with Crippen molar-refractivity contribution in [3.63, 3.8) is 0 Å². The normalized spacial score (nSPS) is 27.3. The standard InChI is InChI=1S/C16H23NO3S/c18-16(15-12-19-8-9-20-15)17-7-3-1-2-5-13(17)11-14-6-4-10-21-14/h4,6,10,13,15H,1-3,5,7-9,11-12H2/t13-,15+/m1/s1. The first-order valence-corrected chi connectivity index (χ1v) is 8.75. The molecule has 2 saturated heterocycles. The summed E-state index contributed by atoms with van der Waals surface area (Å²) in [4.78, 5) is 16.2. The van der Waals surface area contributed by atoms with Gasteiger partial charge < -0.3 is 14.4 Å². The predicted molar refractivity (Wildman–Crippen MR) is 82.6 cm³/mol. The Morgan fingerprint density at radius 3 is 3.05 bits per heavy atom. The molecule has 2 fully saturated rings. The lowest BCUT2D eigenvalue weighted by Gasteiger charge is -2.34. The fourth-order valence-electron chi connectivity index (χ4n) is 3.16. The van der Waals surface area contributed by atoms with E-state index < -0.39 is 6.10 Å². The van der Waals surface area contributed by atoms with E-state index >= 15 is 0 Å². The molecule has 2 atom stereocenters. The third kappa shape index (κ3) is 3.84. The maximum atomic E-state index is 12.8. The minimum atomic E-state index is -0.400. The summed E-state index contributed by atoms with van der Waals surface area (Å²) in [6, 6.07) is 4.56. The van der Waals surface area contributed by atoms with Gasteiger partial charge in [-0.1, -0.05) is 18.9 Å². The quantitative estimate of drug-likeness (QED) is 0.861. The summed E-state index contributed by atoms with van der Waals surface area (Å²) in [5.41, 5.74) is 0. The Kier molecular flexibility index (Phi) is 5.27. The molecule has 0 aliphatic carbocycles. The van der Waals surface area contributed by atoms with Crippen LogP contribution in [0.1, 0.15) is 30.6 Å². The second kappa shape index (κ2) is 7.38. The van der Waals surface area contributed by atoms with Crippen LogP contribution in [0.5, 0.6) is 0 Å². The van der Waals surface area contributed by atoms with Crippen molar-refractivity contribution < 1.29 is 14.3 Å². The Balaban J connectivity index is 1.69. The summed E-state index contributed by atoms with van der Waals surface area (Å²) in [6.07, 6.45) is 5.19. The molecule has 0 spiro atoms. The van der Waals surface area contributed by atoms with Crippen LogP contribution in [-0.4, -0.2) is 49.3 Å². The van der Waals surface area contributed by atoms with E-state index in [1.807, 2.05) is 0 Å². The van der Waals surface area contributed by atoms with Crippen LogP contribution in [0.15, 0.2) is 17.5 Å². The highest BCUT2D eigenvalue weighted by Crippen LogP contribution is 2.23. The lowest BCUT2D eigenvalue weighted by Crippen LogP contribution is -2.50. The second-order valence-corrected chi connectivity index (χ2v) is 6.78. The molecule has 21 heavy (non-hydrogen) atoms. The molecule has 3 heterocycles. The van der Waals surface area contributed by atoms with E-state index in [2.05, 4.69) is 22.4 Å². The zero-order chi connectivity index (χ0) is 14.5. The molecule has 1 aromatic rings. The van der Waals surface area contributed by atoms with Gasteiger partial charge in [0.1, 0.15) is 0 Å². The molecule has 2 aliphatic rings. The predicted octanol–water partition coefficient (Wildman–Crippen LogP) is 2.48. The number of hydrogen-bond donors (Lipinski definition) is 0. The highest BCUT2D eigenvalue weighted by atomic mass is 32.1. The van der Waals surface area contributed by atoms with Gasteiger partial charge in [0.05, 0.1) is 19.8 Å². The molecule has 1 aromatic heterocycles. The number of carbonyl (C=O) groups excluding carboxylic acids is 1. The molecule has 0 N–H and O–H groups in total. The topological polar surface area (TPSA) is 38.8 Å². The molecule has 0 bridgehead atoms. The van der Waals surface area contributed by atoms with Crippen molar-refractivity contribution in [1.29, 1.82) is 0 Å². The Bertz CT molecular complexity index is 442. The van der Waals surface area contributed by atoms with E-state index in [0.29, 0.717) is 25.9 Å². The van der Waals surface area contributed by atoms with Gasteiger partial charge in [-0.25, -0.2) is 0 Å². The molecule has 5 heteroatoms. The number of amides is 1. The SMILES string of the molecule is O=C([C@@H]1COCCO1)N1CCCCC[C@@H]1Cc1cccs1. The van der Waals surface area contributed by atoms with Crippen molar-refractivity contribution >= 4 is 17.2 Å². The number of hydrogen-bond acceptors (Lipinski definition) is 4. The lowest BCUT2D eigenvalue weighted by atomic mass is 10.0. The highest BCUT2D eigenvalue weighted by molar-refractivity contribution is 7.09. The first-order valence-electron chi connectivity index (χ1n) is 7.87. The van der Waals surface area contributed by atoms with Gasteiger partial charge in [-0.2, -0.15) is 0 Å². The van der Waals surface area contributed by atoms with Crippen LogP contribution in [-0.2, 0) is 20.7 Å². The first-order chi connectivity index (χ1) is 10.3. The van der Waals surface area contributed by atoms with Gasteiger partial charge >= 0.3 is 0 Å². The average molecular weight is 309 g/mol. The second-order valence-electron chi connectivity index (χ2n) is 5.75.